The summed E-state index contributed by atoms with van der Waals surface area (Å²) in [7, 11) is 0. The fraction of sp³-hybridized carbons (Fsp3) is 0.333. The monoisotopic (exact) mass is 236 g/mol. The number of aliphatic carboxylic acids is 1. The maximum atomic E-state index is 11.5. The quantitative estimate of drug-likeness (QED) is 0.707. The van der Waals surface area contributed by atoms with Gasteiger partial charge in [0.2, 0.25) is 5.91 Å². The van der Waals surface area contributed by atoms with Crippen molar-refractivity contribution in [2.24, 2.45) is 5.73 Å². The molecule has 17 heavy (non-hydrogen) atoms. The number of carbonyl (C=O) groups excluding carboxylic acids is 1. The smallest absolute Gasteiger partial charge is 0.333 e. The Hall–Kier alpha value is -1.88. The minimum absolute atomic E-state index is 0.501. The molecule has 0 heterocycles. The average Bonchev–Trinajstić information content (AvgIpc) is 2.29. The lowest BCUT2D eigenvalue weighted by Crippen LogP contribution is -2.53. The molecule has 0 aliphatic heterocycles. The number of amides is 1. The molecule has 5 heteroatoms. The molecular weight excluding hydrogens is 220 g/mol. The van der Waals surface area contributed by atoms with Gasteiger partial charge in [0.25, 0.3) is 0 Å². The molecule has 0 saturated heterocycles. The van der Waals surface area contributed by atoms with E-state index in [1.807, 2.05) is 0 Å². The van der Waals surface area contributed by atoms with E-state index >= 15 is 0 Å². The summed E-state index contributed by atoms with van der Waals surface area (Å²) < 4.78 is 0. The van der Waals surface area contributed by atoms with E-state index in [1.54, 1.807) is 30.3 Å². The highest BCUT2D eigenvalue weighted by Crippen LogP contribution is 2.20. The van der Waals surface area contributed by atoms with Gasteiger partial charge in [-0.1, -0.05) is 30.3 Å². The van der Waals surface area contributed by atoms with Gasteiger partial charge in [0.15, 0.2) is 5.54 Å². The maximum absolute atomic E-state index is 11.5. The van der Waals surface area contributed by atoms with Crippen molar-refractivity contribution in [2.45, 2.75) is 25.4 Å². The van der Waals surface area contributed by atoms with Gasteiger partial charge < -0.3 is 16.2 Å². The van der Waals surface area contributed by atoms with Crippen LogP contribution in [0.2, 0.25) is 0 Å². The molecule has 0 aliphatic rings. The summed E-state index contributed by atoms with van der Waals surface area (Å²) in [4.78, 5) is 22.9. The maximum Gasteiger partial charge on any atom is 0.333 e. The van der Waals surface area contributed by atoms with Gasteiger partial charge >= 0.3 is 5.97 Å². The molecule has 1 rings (SSSR count). The second-order valence-electron chi connectivity index (χ2n) is 4.07. The van der Waals surface area contributed by atoms with Gasteiger partial charge in [-0.05, 0) is 19.4 Å². The SMILES string of the molecule is C[C@H](N)C(=O)NC(C)(C(=O)O)c1ccccc1. The van der Waals surface area contributed by atoms with Crippen molar-refractivity contribution < 1.29 is 14.7 Å². The molecule has 0 aliphatic carbocycles. The normalized spacial score (nSPS) is 15.7. The Morgan fingerprint density at radius 2 is 1.88 bits per heavy atom. The van der Waals surface area contributed by atoms with Crippen LogP contribution in [0.3, 0.4) is 0 Å². The van der Waals surface area contributed by atoms with Crippen molar-refractivity contribution in [3.8, 4) is 0 Å². The lowest BCUT2D eigenvalue weighted by Gasteiger charge is -2.27. The fourth-order valence-electron chi connectivity index (χ4n) is 1.38. The summed E-state index contributed by atoms with van der Waals surface area (Å²) in [6.07, 6.45) is 0. The zero-order chi connectivity index (χ0) is 13.1. The van der Waals surface area contributed by atoms with Gasteiger partial charge in [-0.25, -0.2) is 4.79 Å². The molecule has 1 amide bonds. The molecule has 0 bridgehead atoms. The first kappa shape index (κ1) is 13.2. The number of rotatable bonds is 4. The molecule has 0 aromatic heterocycles. The van der Waals surface area contributed by atoms with E-state index in [0.29, 0.717) is 5.56 Å². The third-order valence-electron chi connectivity index (χ3n) is 2.57. The number of benzene rings is 1. The van der Waals surface area contributed by atoms with Gasteiger partial charge in [0, 0.05) is 0 Å². The second kappa shape index (κ2) is 4.97. The molecule has 92 valence electrons. The highest BCUT2D eigenvalue weighted by Gasteiger charge is 2.37. The molecule has 5 nitrogen and oxygen atoms in total. The topological polar surface area (TPSA) is 92.4 Å². The summed E-state index contributed by atoms with van der Waals surface area (Å²) in [5, 5.41) is 11.7. The first-order valence-corrected chi connectivity index (χ1v) is 5.24. The van der Waals surface area contributed by atoms with Crippen LogP contribution in [-0.4, -0.2) is 23.0 Å². The van der Waals surface area contributed by atoms with E-state index in [4.69, 9.17) is 5.73 Å². The van der Waals surface area contributed by atoms with Crippen molar-refractivity contribution in [2.75, 3.05) is 0 Å². The zero-order valence-electron chi connectivity index (χ0n) is 9.81. The van der Waals surface area contributed by atoms with Crippen LogP contribution in [-0.2, 0) is 15.1 Å². The third kappa shape index (κ3) is 2.82. The molecule has 4 N–H and O–H groups in total. The lowest BCUT2D eigenvalue weighted by molar-refractivity contribution is -0.147. The summed E-state index contributed by atoms with van der Waals surface area (Å²) >= 11 is 0. The minimum Gasteiger partial charge on any atom is -0.479 e. The Morgan fingerprint density at radius 3 is 2.29 bits per heavy atom. The van der Waals surface area contributed by atoms with E-state index in [9.17, 15) is 14.7 Å². The standard InChI is InChI=1S/C12H16N2O3/c1-8(13)10(15)14-12(2,11(16)17)9-6-4-3-5-7-9/h3-8H,13H2,1-2H3,(H,14,15)(H,16,17)/t8-,12?/m0/s1. The fourth-order valence-corrected chi connectivity index (χ4v) is 1.38. The van der Waals surface area contributed by atoms with Crippen LogP contribution in [0.4, 0.5) is 0 Å². The van der Waals surface area contributed by atoms with E-state index in [0.717, 1.165) is 0 Å². The second-order valence-corrected chi connectivity index (χ2v) is 4.07. The van der Waals surface area contributed by atoms with Crippen molar-refractivity contribution in [1.82, 2.24) is 5.32 Å². The van der Waals surface area contributed by atoms with Crippen LogP contribution in [0.15, 0.2) is 30.3 Å². The van der Waals surface area contributed by atoms with E-state index < -0.39 is 23.5 Å². The molecule has 0 saturated carbocycles. The number of carboxylic acid groups (broad SMARTS) is 1. The molecule has 2 atom stereocenters. The molecule has 0 spiro atoms. The van der Waals surface area contributed by atoms with Crippen LogP contribution in [0.25, 0.3) is 0 Å². The first-order chi connectivity index (χ1) is 7.88. The molecular formula is C12H16N2O3. The van der Waals surface area contributed by atoms with Gasteiger partial charge in [-0.2, -0.15) is 0 Å². The summed E-state index contributed by atoms with van der Waals surface area (Å²) in [6, 6.07) is 7.75. The highest BCUT2D eigenvalue weighted by molar-refractivity contribution is 5.89. The Bertz CT molecular complexity index is 417. The Morgan fingerprint density at radius 1 is 1.35 bits per heavy atom. The van der Waals surface area contributed by atoms with Gasteiger partial charge in [-0.3, -0.25) is 4.79 Å². The molecule has 1 aromatic rings. The van der Waals surface area contributed by atoms with Gasteiger partial charge in [0.05, 0.1) is 6.04 Å². The van der Waals surface area contributed by atoms with Crippen LogP contribution < -0.4 is 11.1 Å². The van der Waals surface area contributed by atoms with E-state index in [-0.39, 0.29) is 0 Å². The molecule has 1 aromatic carbocycles. The van der Waals surface area contributed by atoms with Gasteiger partial charge in [0.1, 0.15) is 0 Å². The van der Waals surface area contributed by atoms with Crippen LogP contribution >= 0.6 is 0 Å². The van der Waals surface area contributed by atoms with Crippen molar-refractivity contribution >= 4 is 11.9 Å². The predicted molar refractivity (Wildman–Crippen MR) is 63.2 cm³/mol. The number of nitrogens with one attached hydrogen (secondary N) is 1. The number of hydrogen-bond acceptors (Lipinski definition) is 3. The van der Waals surface area contributed by atoms with Crippen molar-refractivity contribution in [1.29, 1.82) is 0 Å². The first-order valence-electron chi connectivity index (χ1n) is 5.24. The number of carbonyl (C=O) groups is 2. The predicted octanol–water partition coefficient (Wildman–Crippen LogP) is 0.450. The number of hydrogen-bond donors (Lipinski definition) is 3. The van der Waals surface area contributed by atoms with Crippen LogP contribution in [0.5, 0.6) is 0 Å². The molecule has 1 unspecified atom stereocenters. The summed E-state index contributed by atoms with van der Waals surface area (Å²) in [5.41, 5.74) is 4.45. The third-order valence-corrected chi connectivity index (χ3v) is 2.57. The van der Waals surface area contributed by atoms with Crippen LogP contribution in [0, 0.1) is 0 Å². The molecule has 0 fully saturated rings. The van der Waals surface area contributed by atoms with E-state index in [1.165, 1.54) is 13.8 Å². The van der Waals surface area contributed by atoms with E-state index in [2.05, 4.69) is 5.32 Å². The number of nitrogens with two attached hydrogens (primary N) is 1. The zero-order valence-corrected chi connectivity index (χ0v) is 9.81. The highest BCUT2D eigenvalue weighted by atomic mass is 16.4. The van der Waals surface area contributed by atoms with Crippen LogP contribution in [0.1, 0.15) is 19.4 Å². The summed E-state index contributed by atoms with van der Waals surface area (Å²) in [6.45, 7) is 2.94. The number of carboxylic acids is 1. The largest absolute Gasteiger partial charge is 0.479 e. The van der Waals surface area contributed by atoms with Crippen molar-refractivity contribution in [3.05, 3.63) is 35.9 Å². The van der Waals surface area contributed by atoms with Gasteiger partial charge in [-0.15, -0.1) is 0 Å². The summed E-state index contributed by atoms with van der Waals surface area (Å²) in [5.74, 6) is -1.63. The molecule has 0 radical (unpaired) electrons. The Kier molecular flexibility index (Phi) is 3.85. The lowest BCUT2D eigenvalue weighted by atomic mass is 9.92. The Balaban J connectivity index is 3.07. The average molecular weight is 236 g/mol. The minimum atomic E-state index is -1.47. The van der Waals surface area contributed by atoms with Crippen molar-refractivity contribution in [3.63, 3.8) is 0 Å². The Labute approximate surface area is 99.6 Å².